The molecule has 1 aliphatic rings. The molecule has 1 fully saturated rings. The van der Waals surface area contributed by atoms with Gasteiger partial charge in [-0.1, -0.05) is 6.92 Å². The van der Waals surface area contributed by atoms with Crippen LogP contribution in [0.3, 0.4) is 0 Å². The number of likely N-dealkylation sites (tertiary alicyclic amines) is 1. The Hall–Kier alpha value is -0.0800. The van der Waals surface area contributed by atoms with E-state index in [2.05, 4.69) is 25.7 Å². The maximum atomic E-state index is 5.45. The minimum atomic E-state index is 0.470. The summed E-state index contributed by atoms with van der Waals surface area (Å²) in [6.45, 7) is 7.98. The summed E-state index contributed by atoms with van der Waals surface area (Å²) in [5, 5.41) is 0. The summed E-state index contributed by atoms with van der Waals surface area (Å²) >= 11 is 0. The highest BCUT2D eigenvalue weighted by molar-refractivity contribution is 4.88. The van der Waals surface area contributed by atoms with Crippen molar-refractivity contribution in [2.45, 2.75) is 51.8 Å². The maximum absolute atomic E-state index is 5.45. The molecule has 0 aromatic rings. The van der Waals surface area contributed by atoms with Crippen molar-refractivity contribution in [1.82, 2.24) is 4.90 Å². The molecule has 0 spiro atoms. The summed E-state index contributed by atoms with van der Waals surface area (Å²) in [4.78, 5) is 2.55. The van der Waals surface area contributed by atoms with Gasteiger partial charge in [-0.25, -0.2) is 0 Å². The Balaban J connectivity index is 2.56. The first-order valence-electron chi connectivity index (χ1n) is 4.99. The normalized spacial score (nSPS) is 31.8. The predicted molar refractivity (Wildman–Crippen MR) is 51.3 cm³/mol. The van der Waals surface area contributed by atoms with E-state index in [9.17, 15) is 0 Å². The third-order valence-electron chi connectivity index (χ3n) is 2.91. The van der Waals surface area contributed by atoms with E-state index in [0.29, 0.717) is 18.2 Å². The Morgan fingerprint density at radius 1 is 1.50 bits per heavy atom. The first-order chi connectivity index (χ1) is 5.70. The van der Waals surface area contributed by atoms with E-state index in [1.165, 1.54) is 19.4 Å². The van der Waals surface area contributed by atoms with Gasteiger partial charge in [-0.05, 0) is 26.7 Å². The lowest BCUT2D eigenvalue weighted by molar-refractivity contribution is 0.0557. The molecule has 0 amide bonds. The highest BCUT2D eigenvalue weighted by Gasteiger charge is 2.33. The molecule has 12 heavy (non-hydrogen) atoms. The third kappa shape index (κ3) is 1.80. The summed E-state index contributed by atoms with van der Waals surface area (Å²) in [7, 11) is 1.83. The van der Waals surface area contributed by atoms with Crippen molar-refractivity contribution in [1.29, 1.82) is 0 Å². The second-order valence-corrected chi connectivity index (χ2v) is 3.87. The molecule has 2 heteroatoms. The van der Waals surface area contributed by atoms with Crippen LogP contribution in [0.2, 0.25) is 0 Å². The van der Waals surface area contributed by atoms with E-state index in [4.69, 9.17) is 4.74 Å². The molecule has 0 N–H and O–H groups in total. The van der Waals surface area contributed by atoms with Crippen LogP contribution in [-0.4, -0.2) is 36.7 Å². The Bertz CT molecular complexity index is 136. The largest absolute Gasteiger partial charge is 0.380 e. The number of rotatable bonds is 3. The monoisotopic (exact) mass is 171 g/mol. The zero-order chi connectivity index (χ0) is 9.14. The van der Waals surface area contributed by atoms with Crippen molar-refractivity contribution in [3.8, 4) is 0 Å². The van der Waals surface area contributed by atoms with Crippen LogP contribution < -0.4 is 0 Å². The van der Waals surface area contributed by atoms with Gasteiger partial charge in [0.15, 0.2) is 0 Å². The summed E-state index contributed by atoms with van der Waals surface area (Å²) in [6, 6.07) is 1.31. The zero-order valence-corrected chi connectivity index (χ0v) is 8.71. The molecule has 2 nitrogen and oxygen atoms in total. The summed E-state index contributed by atoms with van der Waals surface area (Å²) in [5.41, 5.74) is 0. The van der Waals surface area contributed by atoms with Crippen molar-refractivity contribution in [2.24, 2.45) is 0 Å². The Labute approximate surface area is 75.9 Å². The molecule has 1 heterocycles. The smallest absolute Gasteiger partial charge is 0.0738 e. The van der Waals surface area contributed by atoms with Crippen molar-refractivity contribution in [2.75, 3.05) is 13.7 Å². The molecule has 0 aliphatic carbocycles. The van der Waals surface area contributed by atoms with E-state index in [1.807, 2.05) is 7.11 Å². The summed E-state index contributed by atoms with van der Waals surface area (Å²) in [5.74, 6) is 0. The lowest BCUT2D eigenvalue weighted by Crippen LogP contribution is -2.39. The first-order valence-corrected chi connectivity index (χ1v) is 4.99. The lowest BCUT2D eigenvalue weighted by Gasteiger charge is -2.29. The van der Waals surface area contributed by atoms with Gasteiger partial charge in [0.2, 0.25) is 0 Å². The highest BCUT2D eigenvalue weighted by Crippen LogP contribution is 2.24. The van der Waals surface area contributed by atoms with Gasteiger partial charge < -0.3 is 4.74 Å². The molecule has 1 aliphatic heterocycles. The van der Waals surface area contributed by atoms with E-state index in [0.717, 1.165) is 0 Å². The number of methoxy groups -OCH3 is 1. The van der Waals surface area contributed by atoms with Gasteiger partial charge in [0, 0.05) is 25.7 Å². The fourth-order valence-electron chi connectivity index (χ4n) is 2.26. The topological polar surface area (TPSA) is 12.5 Å². The fourth-order valence-corrected chi connectivity index (χ4v) is 2.26. The van der Waals surface area contributed by atoms with E-state index in [-0.39, 0.29) is 0 Å². The van der Waals surface area contributed by atoms with Crippen LogP contribution in [0.1, 0.15) is 33.6 Å². The van der Waals surface area contributed by atoms with Gasteiger partial charge >= 0.3 is 0 Å². The molecule has 0 saturated carbocycles. The zero-order valence-electron chi connectivity index (χ0n) is 8.71. The number of hydrogen-bond donors (Lipinski definition) is 0. The van der Waals surface area contributed by atoms with Gasteiger partial charge in [0.25, 0.3) is 0 Å². The second kappa shape index (κ2) is 4.24. The SMILES string of the molecule is CC[C@@H]1[C@H](OC)CCN1C(C)C. The standard InChI is InChI=1S/C10H21NO/c1-5-9-10(12-4)6-7-11(9)8(2)3/h8-10H,5-7H2,1-4H3/t9-,10-/m1/s1. The average molecular weight is 171 g/mol. The third-order valence-corrected chi connectivity index (χ3v) is 2.91. The summed E-state index contributed by atoms with van der Waals surface area (Å²) in [6.07, 6.45) is 2.88. The van der Waals surface area contributed by atoms with E-state index >= 15 is 0 Å². The van der Waals surface area contributed by atoms with Crippen LogP contribution in [0, 0.1) is 0 Å². The first kappa shape index (κ1) is 10.0. The van der Waals surface area contributed by atoms with Crippen molar-refractivity contribution >= 4 is 0 Å². The van der Waals surface area contributed by atoms with Crippen LogP contribution in [0.4, 0.5) is 0 Å². The molecule has 0 aromatic carbocycles. The molecular formula is C10H21NO. The highest BCUT2D eigenvalue weighted by atomic mass is 16.5. The van der Waals surface area contributed by atoms with Crippen molar-refractivity contribution < 1.29 is 4.74 Å². The van der Waals surface area contributed by atoms with Crippen molar-refractivity contribution in [3.05, 3.63) is 0 Å². The lowest BCUT2D eigenvalue weighted by atomic mass is 10.1. The summed E-state index contributed by atoms with van der Waals surface area (Å²) < 4.78 is 5.45. The van der Waals surface area contributed by atoms with Gasteiger partial charge in [-0.2, -0.15) is 0 Å². The Kier molecular flexibility index (Phi) is 3.53. The van der Waals surface area contributed by atoms with Crippen LogP contribution in [0.25, 0.3) is 0 Å². The molecule has 2 atom stereocenters. The van der Waals surface area contributed by atoms with E-state index < -0.39 is 0 Å². The molecule has 0 unspecified atom stereocenters. The minimum absolute atomic E-state index is 0.470. The average Bonchev–Trinajstić information content (AvgIpc) is 2.46. The molecule has 72 valence electrons. The molecule has 1 rings (SSSR count). The number of nitrogens with zero attached hydrogens (tertiary/aromatic N) is 1. The van der Waals surface area contributed by atoms with Crippen LogP contribution in [0.15, 0.2) is 0 Å². The van der Waals surface area contributed by atoms with Gasteiger partial charge in [0.05, 0.1) is 6.10 Å². The predicted octanol–water partition coefficient (Wildman–Crippen LogP) is 1.89. The molecular weight excluding hydrogens is 150 g/mol. The number of ether oxygens (including phenoxy) is 1. The van der Waals surface area contributed by atoms with Crippen molar-refractivity contribution in [3.63, 3.8) is 0 Å². The second-order valence-electron chi connectivity index (χ2n) is 3.87. The Morgan fingerprint density at radius 2 is 2.17 bits per heavy atom. The maximum Gasteiger partial charge on any atom is 0.0738 e. The molecule has 0 bridgehead atoms. The quantitative estimate of drug-likeness (QED) is 0.643. The van der Waals surface area contributed by atoms with Crippen LogP contribution in [0.5, 0.6) is 0 Å². The van der Waals surface area contributed by atoms with Gasteiger partial charge in [-0.3, -0.25) is 4.90 Å². The minimum Gasteiger partial charge on any atom is -0.380 e. The Morgan fingerprint density at radius 3 is 2.58 bits per heavy atom. The van der Waals surface area contributed by atoms with E-state index in [1.54, 1.807) is 0 Å². The molecule has 0 radical (unpaired) electrons. The fraction of sp³-hybridized carbons (Fsp3) is 1.00. The molecule has 0 aromatic heterocycles. The number of hydrogen-bond acceptors (Lipinski definition) is 2. The molecule has 1 saturated heterocycles. The van der Waals surface area contributed by atoms with Crippen LogP contribution >= 0.6 is 0 Å². The van der Waals surface area contributed by atoms with Gasteiger partial charge in [0.1, 0.15) is 0 Å². The van der Waals surface area contributed by atoms with Gasteiger partial charge in [-0.15, -0.1) is 0 Å². The van der Waals surface area contributed by atoms with Crippen LogP contribution in [-0.2, 0) is 4.74 Å².